The van der Waals surface area contributed by atoms with E-state index in [1.54, 1.807) is 11.3 Å². The Hall–Kier alpha value is -2.18. The van der Waals surface area contributed by atoms with Gasteiger partial charge in [-0.05, 0) is 30.0 Å². The van der Waals surface area contributed by atoms with Crippen molar-refractivity contribution in [1.29, 1.82) is 0 Å². The van der Waals surface area contributed by atoms with Crippen LogP contribution in [0.1, 0.15) is 22.5 Å². The van der Waals surface area contributed by atoms with Gasteiger partial charge in [0.25, 0.3) is 5.91 Å². The number of hydrogen-bond donors (Lipinski definition) is 1. The summed E-state index contributed by atoms with van der Waals surface area (Å²) in [7, 11) is 0. The number of carbonyl (C=O) groups is 1. The molecule has 1 saturated heterocycles. The lowest BCUT2D eigenvalue weighted by molar-refractivity contribution is 0.0761. The standard InChI is InChI=1S/C18H20N4OS/c23-18(15-3-2-14-4-5-19-17(14)10-15)22-7-1-6-21(8-9-22)11-16-12-24-13-20-16/h2-5,10,12-13,19H,1,6-9,11H2. The van der Waals surface area contributed by atoms with Crippen molar-refractivity contribution in [1.82, 2.24) is 19.8 Å². The van der Waals surface area contributed by atoms with Crippen molar-refractivity contribution in [3.05, 3.63) is 52.6 Å². The summed E-state index contributed by atoms with van der Waals surface area (Å²) in [6.07, 6.45) is 2.90. The zero-order chi connectivity index (χ0) is 16.4. The van der Waals surface area contributed by atoms with Gasteiger partial charge in [0.05, 0.1) is 11.2 Å². The fourth-order valence-corrected chi connectivity index (χ4v) is 3.79. The van der Waals surface area contributed by atoms with Crippen LogP contribution in [0.15, 0.2) is 41.4 Å². The van der Waals surface area contributed by atoms with Gasteiger partial charge in [0.1, 0.15) is 0 Å². The molecule has 2 aromatic heterocycles. The number of rotatable bonds is 3. The molecule has 1 aliphatic rings. The fraction of sp³-hybridized carbons (Fsp3) is 0.333. The van der Waals surface area contributed by atoms with E-state index >= 15 is 0 Å². The molecule has 5 nitrogen and oxygen atoms in total. The molecule has 6 heteroatoms. The van der Waals surface area contributed by atoms with Gasteiger partial charge in [-0.1, -0.05) is 6.07 Å². The molecule has 24 heavy (non-hydrogen) atoms. The third-order valence-electron chi connectivity index (χ3n) is 4.55. The molecular weight excluding hydrogens is 320 g/mol. The van der Waals surface area contributed by atoms with E-state index in [9.17, 15) is 4.79 Å². The highest BCUT2D eigenvalue weighted by atomic mass is 32.1. The molecule has 4 rings (SSSR count). The lowest BCUT2D eigenvalue weighted by Gasteiger charge is -2.21. The molecule has 1 aliphatic heterocycles. The van der Waals surface area contributed by atoms with Gasteiger partial charge in [0.15, 0.2) is 0 Å². The van der Waals surface area contributed by atoms with Gasteiger partial charge in [-0.15, -0.1) is 11.3 Å². The van der Waals surface area contributed by atoms with E-state index in [0.29, 0.717) is 0 Å². The highest BCUT2D eigenvalue weighted by molar-refractivity contribution is 7.07. The minimum Gasteiger partial charge on any atom is -0.361 e. The third-order valence-corrected chi connectivity index (χ3v) is 5.18. The van der Waals surface area contributed by atoms with E-state index in [0.717, 1.165) is 61.3 Å². The molecule has 1 N–H and O–H groups in total. The van der Waals surface area contributed by atoms with Gasteiger partial charge in [0.2, 0.25) is 0 Å². The van der Waals surface area contributed by atoms with Gasteiger partial charge in [-0.25, -0.2) is 4.98 Å². The topological polar surface area (TPSA) is 52.2 Å². The summed E-state index contributed by atoms with van der Waals surface area (Å²) >= 11 is 1.63. The van der Waals surface area contributed by atoms with Crippen molar-refractivity contribution in [2.24, 2.45) is 0 Å². The normalized spacial score (nSPS) is 16.4. The van der Waals surface area contributed by atoms with E-state index < -0.39 is 0 Å². The zero-order valence-corrected chi connectivity index (χ0v) is 14.3. The monoisotopic (exact) mass is 340 g/mol. The van der Waals surface area contributed by atoms with Gasteiger partial charge >= 0.3 is 0 Å². The maximum absolute atomic E-state index is 12.8. The van der Waals surface area contributed by atoms with Crippen molar-refractivity contribution < 1.29 is 4.79 Å². The molecule has 1 aromatic carbocycles. The van der Waals surface area contributed by atoms with Gasteiger partial charge in [-0.2, -0.15) is 0 Å². The number of nitrogens with zero attached hydrogens (tertiary/aromatic N) is 3. The molecule has 0 saturated carbocycles. The predicted molar refractivity (Wildman–Crippen MR) is 96.2 cm³/mol. The minimum atomic E-state index is 0.127. The fourth-order valence-electron chi connectivity index (χ4n) is 3.24. The zero-order valence-electron chi connectivity index (χ0n) is 13.4. The molecule has 0 radical (unpaired) electrons. The number of amides is 1. The Bertz CT molecular complexity index is 827. The Morgan fingerprint density at radius 1 is 1.21 bits per heavy atom. The minimum absolute atomic E-state index is 0.127. The second-order valence-electron chi connectivity index (χ2n) is 6.18. The maximum Gasteiger partial charge on any atom is 0.253 e. The molecule has 0 atom stereocenters. The summed E-state index contributed by atoms with van der Waals surface area (Å²) in [6, 6.07) is 7.91. The van der Waals surface area contributed by atoms with E-state index in [-0.39, 0.29) is 5.91 Å². The molecule has 3 aromatic rings. The number of aromatic amines is 1. The van der Waals surface area contributed by atoms with Crippen LogP contribution in [0.2, 0.25) is 0 Å². The van der Waals surface area contributed by atoms with E-state index in [1.807, 2.05) is 40.9 Å². The second kappa shape index (κ2) is 6.75. The first-order valence-corrected chi connectivity index (χ1v) is 9.20. The molecule has 1 fully saturated rings. The van der Waals surface area contributed by atoms with Gasteiger partial charge in [0, 0.05) is 55.4 Å². The molecule has 124 valence electrons. The number of aromatic nitrogens is 2. The van der Waals surface area contributed by atoms with Crippen LogP contribution < -0.4 is 0 Å². The molecule has 1 amide bonds. The van der Waals surface area contributed by atoms with Crippen LogP contribution in [0.5, 0.6) is 0 Å². The Labute approximate surface area is 144 Å². The summed E-state index contributed by atoms with van der Waals surface area (Å²) in [4.78, 5) is 24.7. The van der Waals surface area contributed by atoms with E-state index in [2.05, 4.69) is 20.2 Å². The SMILES string of the molecule is O=C(c1ccc2cc[nH]c2c1)N1CCCN(Cc2cscn2)CC1. The molecule has 0 unspecified atom stereocenters. The Morgan fingerprint density at radius 2 is 2.17 bits per heavy atom. The Balaban J connectivity index is 1.43. The van der Waals surface area contributed by atoms with Crippen LogP contribution in [0.25, 0.3) is 10.9 Å². The van der Waals surface area contributed by atoms with Crippen LogP contribution in [-0.4, -0.2) is 51.9 Å². The summed E-state index contributed by atoms with van der Waals surface area (Å²) in [6.45, 7) is 4.37. The number of fused-ring (bicyclic) bond motifs is 1. The lowest BCUT2D eigenvalue weighted by atomic mass is 10.1. The second-order valence-corrected chi connectivity index (χ2v) is 6.90. The maximum atomic E-state index is 12.8. The Morgan fingerprint density at radius 3 is 3.04 bits per heavy atom. The van der Waals surface area contributed by atoms with Crippen LogP contribution in [0.4, 0.5) is 0 Å². The average Bonchev–Trinajstić information content (AvgIpc) is 3.22. The smallest absolute Gasteiger partial charge is 0.253 e. The number of hydrogen-bond acceptors (Lipinski definition) is 4. The highest BCUT2D eigenvalue weighted by Gasteiger charge is 2.21. The molecule has 0 aliphatic carbocycles. The lowest BCUT2D eigenvalue weighted by Crippen LogP contribution is -2.35. The number of nitrogens with one attached hydrogen (secondary N) is 1. The first kappa shape index (κ1) is 15.4. The molecule has 0 spiro atoms. The van der Waals surface area contributed by atoms with E-state index in [4.69, 9.17) is 0 Å². The first-order valence-electron chi connectivity index (χ1n) is 8.25. The predicted octanol–water partition coefficient (Wildman–Crippen LogP) is 2.97. The number of carbonyl (C=O) groups excluding carboxylic acids is 1. The third kappa shape index (κ3) is 3.20. The largest absolute Gasteiger partial charge is 0.361 e. The Kier molecular flexibility index (Phi) is 4.32. The summed E-state index contributed by atoms with van der Waals surface area (Å²) in [5.41, 5.74) is 4.77. The van der Waals surface area contributed by atoms with Crippen molar-refractivity contribution in [2.75, 3.05) is 26.2 Å². The highest BCUT2D eigenvalue weighted by Crippen LogP contribution is 2.17. The van der Waals surface area contributed by atoms with Crippen LogP contribution >= 0.6 is 11.3 Å². The summed E-state index contributed by atoms with van der Waals surface area (Å²) < 4.78 is 0. The van der Waals surface area contributed by atoms with Crippen LogP contribution in [-0.2, 0) is 6.54 Å². The van der Waals surface area contributed by atoms with Gasteiger partial charge in [-0.3, -0.25) is 9.69 Å². The average molecular weight is 340 g/mol. The number of thiazole rings is 1. The van der Waals surface area contributed by atoms with Crippen molar-refractivity contribution in [2.45, 2.75) is 13.0 Å². The van der Waals surface area contributed by atoms with Gasteiger partial charge < -0.3 is 9.88 Å². The molecule has 0 bridgehead atoms. The molecular formula is C18H20N4OS. The van der Waals surface area contributed by atoms with E-state index in [1.165, 1.54) is 0 Å². The summed E-state index contributed by atoms with van der Waals surface area (Å²) in [5, 5.41) is 3.23. The molecule has 3 heterocycles. The van der Waals surface area contributed by atoms with Crippen LogP contribution in [0, 0.1) is 0 Å². The van der Waals surface area contributed by atoms with Crippen molar-refractivity contribution in [3.63, 3.8) is 0 Å². The van der Waals surface area contributed by atoms with Crippen molar-refractivity contribution in [3.8, 4) is 0 Å². The first-order chi connectivity index (χ1) is 11.8. The van der Waals surface area contributed by atoms with Crippen molar-refractivity contribution >= 4 is 28.1 Å². The number of H-pyrrole nitrogens is 1. The number of benzene rings is 1. The quantitative estimate of drug-likeness (QED) is 0.797. The van der Waals surface area contributed by atoms with Crippen LogP contribution in [0.3, 0.4) is 0 Å². The summed E-state index contributed by atoms with van der Waals surface area (Å²) in [5.74, 6) is 0.127.